The number of hydrogen-bond donors (Lipinski definition) is 2. The second-order valence-electron chi connectivity index (χ2n) is 7.67. The summed E-state index contributed by atoms with van der Waals surface area (Å²) >= 11 is 0. The van der Waals surface area contributed by atoms with Crippen molar-refractivity contribution in [3.05, 3.63) is 42.2 Å². The van der Waals surface area contributed by atoms with E-state index in [1.165, 1.54) is 0 Å². The Bertz CT molecular complexity index is 1160. The van der Waals surface area contributed by atoms with Gasteiger partial charge in [-0.25, -0.2) is 18.4 Å². The van der Waals surface area contributed by atoms with E-state index in [-0.39, 0.29) is 10.8 Å². The molecule has 1 saturated heterocycles. The summed E-state index contributed by atoms with van der Waals surface area (Å²) in [4.78, 5) is 27.3. The summed E-state index contributed by atoms with van der Waals surface area (Å²) in [5, 5.41) is 2.81. The fourth-order valence-corrected chi connectivity index (χ4v) is 4.56. The molecule has 2 aromatic heterocycles. The summed E-state index contributed by atoms with van der Waals surface area (Å²) in [5.41, 5.74) is 2.90. The lowest BCUT2D eigenvalue weighted by Gasteiger charge is -2.19. The zero-order valence-electron chi connectivity index (χ0n) is 17.1. The Morgan fingerprint density at radius 3 is 2.63 bits per heavy atom. The predicted octanol–water partition coefficient (Wildman–Crippen LogP) is 2.24. The lowest BCUT2D eigenvalue weighted by atomic mass is 10.1. The zero-order chi connectivity index (χ0) is 21.3. The molecule has 8 nitrogen and oxygen atoms in total. The van der Waals surface area contributed by atoms with Gasteiger partial charge < -0.3 is 15.2 Å². The van der Waals surface area contributed by atoms with Crippen molar-refractivity contribution in [2.75, 3.05) is 26.2 Å². The first-order valence-corrected chi connectivity index (χ1v) is 11.6. The number of sulfone groups is 1. The third kappa shape index (κ3) is 3.82. The SMILES string of the molecule is CC(C)S(=O)(=O)c1ccc(-c2cnc3[nH]cc(C(=O)N4CCCNCC4)c3n2)cc1. The summed E-state index contributed by atoms with van der Waals surface area (Å²) < 4.78 is 24.7. The molecule has 1 aromatic carbocycles. The third-order valence-corrected chi connectivity index (χ3v) is 7.51. The largest absolute Gasteiger partial charge is 0.344 e. The summed E-state index contributed by atoms with van der Waals surface area (Å²) in [6.45, 7) is 6.36. The minimum atomic E-state index is -3.33. The van der Waals surface area contributed by atoms with Crippen LogP contribution in [0.4, 0.5) is 0 Å². The van der Waals surface area contributed by atoms with Gasteiger partial charge in [0.1, 0.15) is 5.52 Å². The first kappa shape index (κ1) is 20.5. The number of hydrogen-bond acceptors (Lipinski definition) is 6. The van der Waals surface area contributed by atoms with E-state index in [0.29, 0.717) is 35.5 Å². The van der Waals surface area contributed by atoms with Crippen molar-refractivity contribution < 1.29 is 13.2 Å². The molecule has 0 radical (unpaired) electrons. The fourth-order valence-electron chi connectivity index (χ4n) is 3.50. The number of carbonyl (C=O) groups is 1. The summed E-state index contributed by atoms with van der Waals surface area (Å²) in [5.74, 6) is -0.0604. The lowest BCUT2D eigenvalue weighted by Crippen LogP contribution is -2.34. The molecular weight excluding hydrogens is 402 g/mol. The van der Waals surface area contributed by atoms with Gasteiger partial charge in [-0.05, 0) is 38.9 Å². The minimum Gasteiger partial charge on any atom is -0.344 e. The highest BCUT2D eigenvalue weighted by molar-refractivity contribution is 7.92. The van der Waals surface area contributed by atoms with Gasteiger partial charge in [-0.15, -0.1) is 0 Å². The van der Waals surface area contributed by atoms with Crippen molar-refractivity contribution in [1.29, 1.82) is 0 Å². The first-order chi connectivity index (χ1) is 14.4. The van der Waals surface area contributed by atoms with E-state index in [2.05, 4.69) is 20.3 Å². The predicted molar refractivity (Wildman–Crippen MR) is 115 cm³/mol. The number of carbonyl (C=O) groups excluding carboxylic acids is 1. The molecule has 1 amide bonds. The van der Waals surface area contributed by atoms with Crippen LogP contribution >= 0.6 is 0 Å². The van der Waals surface area contributed by atoms with Gasteiger partial charge in [-0.3, -0.25) is 4.79 Å². The van der Waals surface area contributed by atoms with E-state index in [1.807, 2.05) is 4.90 Å². The van der Waals surface area contributed by atoms with Gasteiger partial charge >= 0.3 is 0 Å². The Balaban J connectivity index is 1.67. The maximum atomic E-state index is 13.0. The molecule has 0 saturated carbocycles. The average molecular weight is 428 g/mol. The van der Waals surface area contributed by atoms with E-state index in [0.717, 1.165) is 25.1 Å². The molecule has 3 heterocycles. The molecule has 2 N–H and O–H groups in total. The number of fused-ring (bicyclic) bond motifs is 1. The molecule has 30 heavy (non-hydrogen) atoms. The maximum absolute atomic E-state index is 13.0. The molecule has 0 bridgehead atoms. The van der Waals surface area contributed by atoms with Crippen molar-refractivity contribution in [3.63, 3.8) is 0 Å². The molecule has 158 valence electrons. The number of rotatable bonds is 4. The topological polar surface area (TPSA) is 108 Å². The van der Waals surface area contributed by atoms with Crippen molar-refractivity contribution in [3.8, 4) is 11.3 Å². The first-order valence-electron chi connectivity index (χ1n) is 10.1. The number of amides is 1. The molecule has 4 rings (SSSR count). The van der Waals surface area contributed by atoms with E-state index < -0.39 is 15.1 Å². The average Bonchev–Trinajstić information content (AvgIpc) is 2.97. The second kappa shape index (κ2) is 8.16. The van der Waals surface area contributed by atoms with Crippen LogP contribution in [-0.2, 0) is 9.84 Å². The van der Waals surface area contributed by atoms with Crippen LogP contribution in [0.2, 0.25) is 0 Å². The van der Waals surface area contributed by atoms with Crippen LogP contribution in [-0.4, -0.2) is 65.6 Å². The number of aromatic amines is 1. The maximum Gasteiger partial charge on any atom is 0.257 e. The fraction of sp³-hybridized carbons (Fsp3) is 0.381. The molecule has 0 atom stereocenters. The number of aromatic nitrogens is 3. The Morgan fingerprint density at radius 1 is 1.13 bits per heavy atom. The van der Waals surface area contributed by atoms with Crippen LogP contribution < -0.4 is 5.32 Å². The van der Waals surface area contributed by atoms with E-state index in [4.69, 9.17) is 0 Å². The lowest BCUT2D eigenvalue weighted by molar-refractivity contribution is 0.0768. The van der Waals surface area contributed by atoms with E-state index in [9.17, 15) is 13.2 Å². The van der Waals surface area contributed by atoms with Crippen LogP contribution in [0, 0.1) is 0 Å². The quantitative estimate of drug-likeness (QED) is 0.661. The number of nitrogens with one attached hydrogen (secondary N) is 2. The summed E-state index contributed by atoms with van der Waals surface area (Å²) in [6, 6.07) is 6.62. The Kier molecular flexibility index (Phi) is 5.57. The highest BCUT2D eigenvalue weighted by Gasteiger charge is 2.22. The van der Waals surface area contributed by atoms with Crippen molar-refractivity contribution in [2.24, 2.45) is 0 Å². The highest BCUT2D eigenvalue weighted by Crippen LogP contribution is 2.24. The van der Waals surface area contributed by atoms with Crippen molar-refractivity contribution in [1.82, 2.24) is 25.2 Å². The number of nitrogens with zero attached hydrogens (tertiary/aromatic N) is 3. The molecule has 1 fully saturated rings. The van der Waals surface area contributed by atoms with Crippen LogP contribution in [0.5, 0.6) is 0 Å². The van der Waals surface area contributed by atoms with Crippen LogP contribution in [0.3, 0.4) is 0 Å². The molecule has 1 aliphatic heterocycles. The van der Waals surface area contributed by atoms with Gasteiger partial charge in [0.05, 0.1) is 27.6 Å². The van der Waals surface area contributed by atoms with Crippen molar-refractivity contribution >= 4 is 26.9 Å². The highest BCUT2D eigenvalue weighted by atomic mass is 32.2. The smallest absolute Gasteiger partial charge is 0.257 e. The second-order valence-corrected chi connectivity index (χ2v) is 10.2. The standard InChI is InChI=1S/C21H25N5O3S/c1-14(2)30(28,29)16-6-4-15(5-7-16)18-13-24-20-19(25-18)17(12-23-20)21(27)26-10-3-8-22-9-11-26/h4-7,12-14,22H,3,8-11H2,1-2H3,(H,23,24). The molecule has 9 heteroatoms. The summed E-state index contributed by atoms with van der Waals surface area (Å²) in [6.07, 6.45) is 4.19. The van der Waals surface area contributed by atoms with E-state index >= 15 is 0 Å². The van der Waals surface area contributed by atoms with Gasteiger partial charge in [-0.1, -0.05) is 12.1 Å². The third-order valence-electron chi connectivity index (χ3n) is 5.34. The molecule has 0 aliphatic carbocycles. The van der Waals surface area contributed by atoms with Crippen LogP contribution in [0.1, 0.15) is 30.6 Å². The molecular formula is C21H25N5O3S. The van der Waals surface area contributed by atoms with Gasteiger partial charge in [0, 0.05) is 31.4 Å². The number of benzene rings is 1. The normalized spacial score (nSPS) is 15.5. The molecule has 1 aliphatic rings. The Labute approximate surface area is 175 Å². The monoisotopic (exact) mass is 427 g/mol. The molecule has 0 unspecified atom stereocenters. The Morgan fingerprint density at radius 2 is 1.90 bits per heavy atom. The van der Waals surface area contributed by atoms with Crippen LogP contribution in [0.25, 0.3) is 22.4 Å². The zero-order valence-corrected chi connectivity index (χ0v) is 17.9. The Hall–Kier alpha value is -2.78. The van der Waals surface area contributed by atoms with Crippen LogP contribution in [0.15, 0.2) is 41.6 Å². The van der Waals surface area contributed by atoms with E-state index in [1.54, 1.807) is 50.5 Å². The summed E-state index contributed by atoms with van der Waals surface area (Å²) in [7, 11) is -3.33. The van der Waals surface area contributed by atoms with Gasteiger partial charge in [0.25, 0.3) is 5.91 Å². The minimum absolute atomic E-state index is 0.0604. The number of H-pyrrole nitrogens is 1. The van der Waals surface area contributed by atoms with Crippen molar-refractivity contribution in [2.45, 2.75) is 30.4 Å². The molecule has 0 spiro atoms. The van der Waals surface area contributed by atoms with Gasteiger partial charge in [0.2, 0.25) is 0 Å². The van der Waals surface area contributed by atoms with Gasteiger partial charge in [-0.2, -0.15) is 0 Å². The van der Waals surface area contributed by atoms with Gasteiger partial charge in [0.15, 0.2) is 15.5 Å². The molecule has 3 aromatic rings.